The zero-order valence-corrected chi connectivity index (χ0v) is 20.2. The Bertz CT molecular complexity index is 941. The Hall–Kier alpha value is -2.71. The van der Waals surface area contributed by atoms with E-state index in [4.69, 9.17) is 9.47 Å². The molecular weight excluding hydrogens is 418 g/mol. The highest BCUT2D eigenvalue weighted by atomic mass is 16.6. The van der Waals surface area contributed by atoms with Crippen LogP contribution in [0.4, 0.5) is 16.6 Å². The number of nitrogens with one attached hydrogen (secondary N) is 1. The average Bonchev–Trinajstić information content (AvgIpc) is 3.15. The summed E-state index contributed by atoms with van der Waals surface area (Å²) in [4.78, 5) is 25.3. The molecule has 1 N–H and O–H groups in total. The third-order valence-corrected chi connectivity index (χ3v) is 6.29. The molecule has 2 aliphatic rings. The van der Waals surface area contributed by atoms with Crippen molar-refractivity contribution < 1.29 is 14.3 Å². The number of rotatable bonds is 7. The predicted octanol–water partition coefficient (Wildman–Crippen LogP) is 4.24. The molecule has 0 unspecified atom stereocenters. The van der Waals surface area contributed by atoms with Crippen molar-refractivity contribution in [3.05, 3.63) is 47.7 Å². The molecule has 8 heteroatoms. The van der Waals surface area contributed by atoms with Crippen LogP contribution in [0.1, 0.15) is 51.8 Å². The van der Waals surface area contributed by atoms with E-state index in [2.05, 4.69) is 79.1 Å². The number of amides is 1. The second-order valence-electron chi connectivity index (χ2n) is 9.56. The van der Waals surface area contributed by atoms with Crippen LogP contribution in [-0.2, 0) is 16.0 Å². The zero-order chi connectivity index (χ0) is 23.5. The number of aromatic nitrogens is 2. The van der Waals surface area contributed by atoms with Crippen molar-refractivity contribution >= 4 is 17.9 Å². The molecule has 1 aromatic heterocycles. The van der Waals surface area contributed by atoms with Gasteiger partial charge < -0.3 is 14.8 Å². The fraction of sp³-hybridized carbons (Fsp3) is 0.560. The minimum Gasteiger partial charge on any atom is -0.447 e. The summed E-state index contributed by atoms with van der Waals surface area (Å²) >= 11 is 0. The highest BCUT2D eigenvalue weighted by Crippen LogP contribution is 2.27. The van der Waals surface area contributed by atoms with Gasteiger partial charge in [-0.15, -0.1) is 0 Å². The maximum atomic E-state index is 12.3. The van der Waals surface area contributed by atoms with Gasteiger partial charge in [0.2, 0.25) is 5.95 Å². The molecule has 1 amide bonds. The van der Waals surface area contributed by atoms with Gasteiger partial charge in [0.15, 0.2) is 0 Å². The molecule has 2 saturated heterocycles. The van der Waals surface area contributed by atoms with Crippen molar-refractivity contribution in [2.45, 2.75) is 65.5 Å². The number of morpholine rings is 1. The Labute approximate surface area is 196 Å². The van der Waals surface area contributed by atoms with E-state index in [9.17, 15) is 4.79 Å². The summed E-state index contributed by atoms with van der Waals surface area (Å²) in [5, 5.41) is 3.37. The van der Waals surface area contributed by atoms with Crippen LogP contribution in [0.2, 0.25) is 0 Å². The summed E-state index contributed by atoms with van der Waals surface area (Å²) in [6.45, 7) is 13.7. The number of hydrogen-bond donors (Lipinski definition) is 1. The van der Waals surface area contributed by atoms with Crippen molar-refractivity contribution in [2.75, 3.05) is 29.9 Å². The monoisotopic (exact) mass is 453 g/mol. The van der Waals surface area contributed by atoms with Crippen molar-refractivity contribution in [3.8, 4) is 0 Å². The maximum absolute atomic E-state index is 12.3. The predicted molar refractivity (Wildman–Crippen MR) is 128 cm³/mol. The third-order valence-electron chi connectivity index (χ3n) is 6.29. The van der Waals surface area contributed by atoms with Crippen molar-refractivity contribution in [1.29, 1.82) is 0 Å². The van der Waals surface area contributed by atoms with E-state index in [0.29, 0.717) is 18.4 Å². The molecule has 8 nitrogen and oxygen atoms in total. The van der Waals surface area contributed by atoms with E-state index in [1.54, 1.807) is 17.2 Å². The SMILES string of the molecule is CC(C)[C@H]1COC(=O)N1c1ccnc(N[C@@H](C)c2ccc(CN3C[C@@H](C)O[C@@H](C)C3)cc2)n1. The minimum atomic E-state index is -0.356. The first-order valence-corrected chi connectivity index (χ1v) is 11.8. The average molecular weight is 454 g/mol. The highest BCUT2D eigenvalue weighted by molar-refractivity contribution is 5.89. The van der Waals surface area contributed by atoms with Gasteiger partial charge in [-0.2, -0.15) is 4.98 Å². The lowest BCUT2D eigenvalue weighted by Gasteiger charge is -2.35. The lowest BCUT2D eigenvalue weighted by Crippen LogP contribution is -2.44. The van der Waals surface area contributed by atoms with E-state index >= 15 is 0 Å². The fourth-order valence-electron chi connectivity index (χ4n) is 4.60. The Morgan fingerprint density at radius 1 is 1.09 bits per heavy atom. The van der Waals surface area contributed by atoms with Gasteiger partial charge in [-0.3, -0.25) is 9.80 Å². The van der Waals surface area contributed by atoms with Gasteiger partial charge in [-0.1, -0.05) is 38.1 Å². The standard InChI is InChI=1S/C25H35N5O3/c1-16(2)22-15-32-25(31)30(22)23-10-11-26-24(28-23)27-19(5)21-8-6-20(7-9-21)14-29-12-17(3)33-18(4)13-29/h6-11,16-19,22H,12-15H2,1-5H3,(H,26,27,28)/t17-,18+,19-,22+/m0/s1. The first kappa shape index (κ1) is 23.4. The summed E-state index contributed by atoms with van der Waals surface area (Å²) in [5.41, 5.74) is 2.44. The Balaban J connectivity index is 1.40. The first-order chi connectivity index (χ1) is 15.8. The van der Waals surface area contributed by atoms with Gasteiger partial charge in [0.1, 0.15) is 12.4 Å². The van der Waals surface area contributed by atoms with E-state index in [-0.39, 0.29) is 36.3 Å². The Kier molecular flexibility index (Phi) is 7.14. The van der Waals surface area contributed by atoms with Crippen molar-refractivity contribution in [3.63, 3.8) is 0 Å². The Morgan fingerprint density at radius 2 is 1.79 bits per heavy atom. The summed E-state index contributed by atoms with van der Waals surface area (Å²) in [6.07, 6.45) is 1.86. The quantitative estimate of drug-likeness (QED) is 0.672. The van der Waals surface area contributed by atoms with Crippen LogP contribution in [0.5, 0.6) is 0 Å². The number of anilines is 2. The van der Waals surface area contributed by atoms with Crippen LogP contribution in [0.25, 0.3) is 0 Å². The van der Waals surface area contributed by atoms with Crippen LogP contribution in [0, 0.1) is 5.92 Å². The number of carbonyl (C=O) groups is 1. The largest absolute Gasteiger partial charge is 0.447 e. The second kappa shape index (κ2) is 10.1. The summed E-state index contributed by atoms with van der Waals surface area (Å²) in [7, 11) is 0. The molecule has 0 radical (unpaired) electrons. The topological polar surface area (TPSA) is 79.8 Å². The van der Waals surface area contributed by atoms with E-state index in [1.165, 1.54) is 5.56 Å². The second-order valence-corrected chi connectivity index (χ2v) is 9.56. The van der Waals surface area contributed by atoms with Crippen LogP contribution < -0.4 is 10.2 Å². The molecule has 178 valence electrons. The molecule has 33 heavy (non-hydrogen) atoms. The third kappa shape index (κ3) is 5.62. The molecule has 4 atom stereocenters. The molecule has 2 aromatic rings. The van der Waals surface area contributed by atoms with Crippen LogP contribution >= 0.6 is 0 Å². The smallest absolute Gasteiger partial charge is 0.415 e. The maximum Gasteiger partial charge on any atom is 0.415 e. The van der Waals surface area contributed by atoms with Crippen molar-refractivity contribution in [2.24, 2.45) is 5.92 Å². The molecule has 3 heterocycles. The molecular formula is C25H35N5O3. The van der Waals surface area contributed by atoms with Crippen LogP contribution in [-0.4, -0.2) is 58.9 Å². The first-order valence-electron chi connectivity index (χ1n) is 11.8. The fourth-order valence-corrected chi connectivity index (χ4v) is 4.60. The normalized spacial score (nSPS) is 24.7. The molecule has 0 aliphatic carbocycles. The Morgan fingerprint density at radius 3 is 2.45 bits per heavy atom. The molecule has 1 aromatic carbocycles. The van der Waals surface area contributed by atoms with Gasteiger partial charge in [-0.25, -0.2) is 9.78 Å². The van der Waals surface area contributed by atoms with Gasteiger partial charge in [0, 0.05) is 25.8 Å². The molecule has 0 saturated carbocycles. The lowest BCUT2D eigenvalue weighted by atomic mass is 10.0. The summed E-state index contributed by atoms with van der Waals surface area (Å²) < 4.78 is 11.1. The molecule has 2 aliphatic heterocycles. The molecule has 2 fully saturated rings. The summed E-state index contributed by atoms with van der Waals surface area (Å²) in [6, 6.07) is 10.4. The van der Waals surface area contributed by atoms with E-state index in [0.717, 1.165) is 25.2 Å². The molecule has 4 rings (SSSR count). The highest BCUT2D eigenvalue weighted by Gasteiger charge is 2.37. The van der Waals surface area contributed by atoms with Gasteiger partial charge in [-0.05, 0) is 43.9 Å². The number of carbonyl (C=O) groups excluding carboxylic acids is 1. The number of ether oxygens (including phenoxy) is 2. The zero-order valence-electron chi connectivity index (χ0n) is 20.2. The van der Waals surface area contributed by atoms with E-state index < -0.39 is 0 Å². The van der Waals surface area contributed by atoms with Crippen LogP contribution in [0.15, 0.2) is 36.5 Å². The number of nitrogens with zero attached hydrogens (tertiary/aromatic N) is 4. The minimum absolute atomic E-state index is 0.0177. The number of benzene rings is 1. The van der Waals surface area contributed by atoms with Gasteiger partial charge >= 0.3 is 6.09 Å². The van der Waals surface area contributed by atoms with Gasteiger partial charge in [0.25, 0.3) is 0 Å². The van der Waals surface area contributed by atoms with Crippen LogP contribution in [0.3, 0.4) is 0 Å². The number of cyclic esters (lactones) is 1. The van der Waals surface area contributed by atoms with E-state index in [1.807, 2.05) is 0 Å². The lowest BCUT2D eigenvalue weighted by molar-refractivity contribution is -0.0704. The summed E-state index contributed by atoms with van der Waals surface area (Å²) in [5.74, 6) is 1.32. The number of hydrogen-bond acceptors (Lipinski definition) is 7. The van der Waals surface area contributed by atoms with Gasteiger partial charge in [0.05, 0.1) is 24.3 Å². The molecule has 0 bridgehead atoms. The van der Waals surface area contributed by atoms with Crippen molar-refractivity contribution in [1.82, 2.24) is 14.9 Å². The molecule has 0 spiro atoms.